The molecule has 2 atom stereocenters. The number of nitrogens with zero attached hydrogens (tertiary/aromatic N) is 1. The number of likely N-dealkylation sites (N-methyl/N-ethyl adjacent to an activating group) is 1. The monoisotopic (exact) mass is 343 g/mol. The van der Waals surface area contributed by atoms with Crippen molar-refractivity contribution in [2.24, 2.45) is 0 Å². The van der Waals surface area contributed by atoms with E-state index in [1.54, 1.807) is 13.1 Å². The highest BCUT2D eigenvalue weighted by atomic mass is 19.4. The van der Waals surface area contributed by atoms with Gasteiger partial charge in [-0.2, -0.15) is 13.2 Å². The largest absolute Gasteiger partial charge is 0.407 e. The molecule has 0 bridgehead atoms. The van der Waals surface area contributed by atoms with Crippen LogP contribution in [-0.2, 0) is 9.59 Å². The van der Waals surface area contributed by atoms with E-state index in [-0.39, 0.29) is 17.5 Å². The first-order chi connectivity index (χ1) is 11.3. The SMILES string of the molecule is CN1C[C@@H](NC(=O)CN[C@H](c2ccccc2)C(F)(F)F)CCC1=O. The average molecular weight is 343 g/mol. The zero-order valence-electron chi connectivity index (χ0n) is 13.3. The maximum atomic E-state index is 13.2. The predicted molar refractivity (Wildman–Crippen MR) is 82.0 cm³/mol. The molecule has 0 aliphatic carbocycles. The van der Waals surface area contributed by atoms with Crippen molar-refractivity contribution in [1.29, 1.82) is 0 Å². The molecule has 5 nitrogen and oxygen atoms in total. The molecule has 1 aromatic carbocycles. The Kier molecular flexibility index (Phi) is 5.82. The summed E-state index contributed by atoms with van der Waals surface area (Å²) in [5.41, 5.74) is 0.0563. The van der Waals surface area contributed by atoms with Gasteiger partial charge in [-0.15, -0.1) is 0 Å². The van der Waals surface area contributed by atoms with Gasteiger partial charge in [0.1, 0.15) is 6.04 Å². The maximum Gasteiger partial charge on any atom is 0.407 e. The lowest BCUT2D eigenvalue weighted by Gasteiger charge is -2.30. The van der Waals surface area contributed by atoms with E-state index in [9.17, 15) is 22.8 Å². The van der Waals surface area contributed by atoms with Crippen LogP contribution in [0.1, 0.15) is 24.4 Å². The van der Waals surface area contributed by atoms with Crippen LogP contribution in [0.5, 0.6) is 0 Å². The van der Waals surface area contributed by atoms with E-state index < -0.39 is 24.7 Å². The fraction of sp³-hybridized carbons (Fsp3) is 0.500. The van der Waals surface area contributed by atoms with E-state index in [2.05, 4.69) is 10.6 Å². The second-order valence-corrected chi connectivity index (χ2v) is 5.84. The van der Waals surface area contributed by atoms with Crippen LogP contribution in [0.4, 0.5) is 13.2 Å². The molecule has 8 heteroatoms. The highest BCUT2D eigenvalue weighted by Crippen LogP contribution is 2.32. The van der Waals surface area contributed by atoms with Crippen LogP contribution >= 0.6 is 0 Å². The first kappa shape index (κ1) is 18.3. The van der Waals surface area contributed by atoms with Gasteiger partial charge < -0.3 is 10.2 Å². The van der Waals surface area contributed by atoms with Crippen LogP contribution in [0.25, 0.3) is 0 Å². The number of carbonyl (C=O) groups excluding carboxylic acids is 2. The summed E-state index contributed by atoms with van der Waals surface area (Å²) in [7, 11) is 1.63. The number of carbonyl (C=O) groups is 2. The van der Waals surface area contributed by atoms with Crippen LogP contribution < -0.4 is 10.6 Å². The summed E-state index contributed by atoms with van der Waals surface area (Å²) in [6, 6.07) is 5.26. The molecule has 2 amide bonds. The van der Waals surface area contributed by atoms with Crippen LogP contribution in [0, 0.1) is 0 Å². The average Bonchev–Trinajstić information content (AvgIpc) is 2.51. The number of alkyl halides is 3. The third-order valence-electron chi connectivity index (χ3n) is 3.92. The zero-order chi connectivity index (χ0) is 17.7. The van der Waals surface area contributed by atoms with E-state index in [0.29, 0.717) is 19.4 Å². The molecular weight excluding hydrogens is 323 g/mol. The van der Waals surface area contributed by atoms with Gasteiger partial charge in [0.2, 0.25) is 11.8 Å². The molecule has 1 saturated heterocycles. The van der Waals surface area contributed by atoms with Crippen molar-refractivity contribution in [2.45, 2.75) is 31.1 Å². The Morgan fingerprint density at radius 2 is 2.00 bits per heavy atom. The van der Waals surface area contributed by atoms with Gasteiger partial charge in [0.15, 0.2) is 0 Å². The molecule has 1 aliphatic heterocycles. The minimum Gasteiger partial charge on any atom is -0.350 e. The van der Waals surface area contributed by atoms with E-state index in [4.69, 9.17) is 0 Å². The second kappa shape index (κ2) is 7.65. The van der Waals surface area contributed by atoms with E-state index in [1.165, 1.54) is 29.2 Å². The number of rotatable bonds is 5. The van der Waals surface area contributed by atoms with Crippen molar-refractivity contribution in [3.8, 4) is 0 Å². The summed E-state index contributed by atoms with van der Waals surface area (Å²) in [5.74, 6) is -0.521. The Morgan fingerprint density at radius 3 is 2.58 bits per heavy atom. The van der Waals surface area contributed by atoms with Crippen LogP contribution in [0.15, 0.2) is 30.3 Å². The smallest absolute Gasteiger partial charge is 0.350 e. The Labute approximate surface area is 138 Å². The highest BCUT2D eigenvalue weighted by molar-refractivity contribution is 5.80. The Morgan fingerprint density at radius 1 is 1.33 bits per heavy atom. The molecule has 0 saturated carbocycles. The molecule has 1 fully saturated rings. The van der Waals surface area contributed by atoms with Crippen molar-refractivity contribution < 1.29 is 22.8 Å². The number of hydrogen-bond acceptors (Lipinski definition) is 3. The number of nitrogens with one attached hydrogen (secondary N) is 2. The number of piperidine rings is 1. The lowest BCUT2D eigenvalue weighted by Crippen LogP contribution is -2.51. The van der Waals surface area contributed by atoms with Gasteiger partial charge in [-0.3, -0.25) is 14.9 Å². The molecule has 2 N–H and O–H groups in total. The summed E-state index contributed by atoms with van der Waals surface area (Å²) < 4.78 is 39.5. The Bertz CT molecular complexity index is 578. The quantitative estimate of drug-likeness (QED) is 0.854. The first-order valence-electron chi connectivity index (χ1n) is 7.65. The van der Waals surface area contributed by atoms with E-state index in [0.717, 1.165) is 0 Å². The van der Waals surface area contributed by atoms with Crippen LogP contribution in [0.2, 0.25) is 0 Å². The molecule has 2 rings (SSSR count). The summed E-state index contributed by atoms with van der Waals surface area (Å²) in [6.07, 6.45) is -3.68. The van der Waals surface area contributed by atoms with Gasteiger partial charge in [-0.05, 0) is 12.0 Å². The van der Waals surface area contributed by atoms with Gasteiger partial charge in [0.05, 0.1) is 6.54 Å². The first-order valence-corrected chi connectivity index (χ1v) is 7.65. The highest BCUT2D eigenvalue weighted by Gasteiger charge is 2.40. The lowest BCUT2D eigenvalue weighted by molar-refractivity contribution is -0.158. The fourth-order valence-corrected chi connectivity index (χ4v) is 2.67. The van der Waals surface area contributed by atoms with Gasteiger partial charge >= 0.3 is 6.18 Å². The number of halogens is 3. The fourth-order valence-electron chi connectivity index (χ4n) is 2.67. The standard InChI is InChI=1S/C16H20F3N3O2/c1-22-10-12(7-8-14(22)24)21-13(23)9-20-15(16(17,18)19)11-5-3-2-4-6-11/h2-6,12,15,20H,7-10H2,1H3,(H,21,23)/t12-,15+/m0/s1. The lowest BCUT2D eigenvalue weighted by atomic mass is 10.1. The van der Waals surface area contributed by atoms with Crippen molar-refractivity contribution in [3.05, 3.63) is 35.9 Å². The molecule has 1 aromatic rings. The molecule has 132 valence electrons. The third-order valence-corrected chi connectivity index (χ3v) is 3.92. The maximum absolute atomic E-state index is 13.2. The minimum absolute atomic E-state index is 0.000151. The topological polar surface area (TPSA) is 61.4 Å². The zero-order valence-corrected chi connectivity index (χ0v) is 13.3. The Hall–Kier alpha value is -2.09. The number of amides is 2. The van der Waals surface area contributed by atoms with Crippen molar-refractivity contribution in [2.75, 3.05) is 20.1 Å². The summed E-state index contributed by atoms with van der Waals surface area (Å²) in [6.45, 7) is -0.0841. The second-order valence-electron chi connectivity index (χ2n) is 5.84. The summed E-state index contributed by atoms with van der Waals surface area (Å²) in [5, 5.41) is 4.93. The molecular formula is C16H20F3N3O2. The normalized spacial score (nSPS) is 19.9. The van der Waals surface area contributed by atoms with Crippen molar-refractivity contribution >= 4 is 11.8 Å². The van der Waals surface area contributed by atoms with Gasteiger partial charge in [-0.25, -0.2) is 0 Å². The molecule has 0 spiro atoms. The van der Waals surface area contributed by atoms with Gasteiger partial charge in [0.25, 0.3) is 0 Å². The minimum atomic E-state index is -4.50. The third kappa shape index (κ3) is 4.95. The summed E-state index contributed by atoms with van der Waals surface area (Å²) >= 11 is 0. The molecule has 1 heterocycles. The number of likely N-dealkylation sites (tertiary alicyclic amines) is 1. The number of hydrogen-bond donors (Lipinski definition) is 2. The molecule has 0 aromatic heterocycles. The molecule has 24 heavy (non-hydrogen) atoms. The molecule has 1 aliphatic rings. The molecule has 0 radical (unpaired) electrons. The number of benzene rings is 1. The van der Waals surface area contributed by atoms with Gasteiger partial charge in [-0.1, -0.05) is 30.3 Å². The summed E-state index contributed by atoms with van der Waals surface area (Å²) in [4.78, 5) is 24.8. The van der Waals surface area contributed by atoms with Crippen LogP contribution in [-0.4, -0.2) is 49.1 Å². The van der Waals surface area contributed by atoms with Crippen molar-refractivity contribution in [3.63, 3.8) is 0 Å². The van der Waals surface area contributed by atoms with E-state index >= 15 is 0 Å². The van der Waals surface area contributed by atoms with Crippen LogP contribution in [0.3, 0.4) is 0 Å². The predicted octanol–water partition coefficient (Wildman–Crippen LogP) is 1.62. The van der Waals surface area contributed by atoms with Gasteiger partial charge in [0, 0.05) is 26.1 Å². The van der Waals surface area contributed by atoms with Crippen molar-refractivity contribution in [1.82, 2.24) is 15.5 Å². The van der Waals surface area contributed by atoms with E-state index in [1.807, 2.05) is 0 Å². The molecule has 0 unspecified atom stereocenters. The Balaban J connectivity index is 1.90.